The summed E-state index contributed by atoms with van der Waals surface area (Å²) in [5.74, 6) is 0.686. The van der Waals surface area contributed by atoms with Gasteiger partial charge in [0.1, 0.15) is 5.01 Å². The van der Waals surface area contributed by atoms with Crippen LogP contribution >= 0.6 is 11.3 Å². The molecule has 1 aromatic heterocycles. The molecular weight excluding hydrogens is 438 g/mol. The van der Waals surface area contributed by atoms with Crippen molar-refractivity contribution < 1.29 is 22.7 Å². The second kappa shape index (κ2) is 9.88. The van der Waals surface area contributed by atoms with Gasteiger partial charge in [0, 0.05) is 6.42 Å². The monoisotopic (exact) mass is 461 g/mol. The summed E-state index contributed by atoms with van der Waals surface area (Å²) in [6.07, 6.45) is 0.962. The van der Waals surface area contributed by atoms with E-state index in [0.29, 0.717) is 34.5 Å². The normalized spacial score (nSPS) is 11.2. The van der Waals surface area contributed by atoms with E-state index in [1.807, 2.05) is 18.2 Å². The lowest BCUT2D eigenvalue weighted by molar-refractivity contribution is 0.102. The van der Waals surface area contributed by atoms with Crippen LogP contribution in [0.5, 0.6) is 11.5 Å². The van der Waals surface area contributed by atoms with Crippen molar-refractivity contribution in [1.29, 1.82) is 0 Å². The number of ether oxygens (including phenoxy) is 2. The zero-order chi connectivity index (χ0) is 22.4. The maximum atomic E-state index is 12.7. The molecule has 0 aliphatic carbocycles. The predicted octanol–water partition coefficient (Wildman–Crippen LogP) is 3.58. The molecule has 1 amide bonds. The van der Waals surface area contributed by atoms with Crippen LogP contribution in [0.4, 0.5) is 5.13 Å². The van der Waals surface area contributed by atoms with E-state index in [1.54, 1.807) is 33.3 Å². The zero-order valence-electron chi connectivity index (χ0n) is 17.4. The van der Waals surface area contributed by atoms with E-state index in [9.17, 15) is 13.2 Å². The number of anilines is 1. The number of sulfone groups is 1. The molecule has 8 nitrogen and oxygen atoms in total. The highest BCUT2D eigenvalue weighted by Gasteiger charge is 2.22. The lowest BCUT2D eigenvalue weighted by Crippen LogP contribution is -2.17. The van der Waals surface area contributed by atoms with Crippen molar-refractivity contribution in [1.82, 2.24) is 10.2 Å². The molecule has 0 saturated heterocycles. The van der Waals surface area contributed by atoms with Crippen LogP contribution in [0.25, 0.3) is 0 Å². The molecule has 3 rings (SSSR count). The van der Waals surface area contributed by atoms with E-state index in [2.05, 4.69) is 15.5 Å². The van der Waals surface area contributed by atoms with Crippen molar-refractivity contribution >= 4 is 32.2 Å². The van der Waals surface area contributed by atoms with E-state index >= 15 is 0 Å². The van der Waals surface area contributed by atoms with E-state index in [1.165, 1.54) is 23.5 Å². The third-order valence-corrected chi connectivity index (χ3v) is 7.24. The molecule has 0 fully saturated rings. The number of carbonyl (C=O) groups excluding carboxylic acids is 1. The van der Waals surface area contributed by atoms with Crippen LogP contribution in [-0.4, -0.2) is 44.5 Å². The summed E-state index contributed by atoms with van der Waals surface area (Å²) in [6.45, 7) is 1.78. The number of carbonyl (C=O) groups is 1. The third kappa shape index (κ3) is 5.39. The largest absolute Gasteiger partial charge is 0.493 e. The summed E-state index contributed by atoms with van der Waals surface area (Å²) in [5.41, 5.74) is 1.04. The first-order chi connectivity index (χ1) is 14.9. The van der Waals surface area contributed by atoms with Gasteiger partial charge >= 0.3 is 0 Å². The van der Waals surface area contributed by atoms with Crippen LogP contribution in [0.2, 0.25) is 0 Å². The van der Waals surface area contributed by atoms with Crippen molar-refractivity contribution in [3.05, 3.63) is 58.6 Å². The molecule has 1 heterocycles. The molecule has 164 valence electrons. The van der Waals surface area contributed by atoms with Crippen LogP contribution < -0.4 is 14.8 Å². The number of aromatic nitrogens is 2. The number of benzene rings is 2. The highest BCUT2D eigenvalue weighted by atomic mass is 32.2. The Labute approximate surface area is 185 Å². The van der Waals surface area contributed by atoms with Crippen molar-refractivity contribution in [3.63, 3.8) is 0 Å². The fourth-order valence-corrected chi connectivity index (χ4v) is 5.32. The number of rotatable bonds is 9. The van der Waals surface area contributed by atoms with Gasteiger partial charge in [0.15, 0.2) is 21.3 Å². The predicted molar refractivity (Wildman–Crippen MR) is 119 cm³/mol. The Morgan fingerprint density at radius 2 is 1.81 bits per heavy atom. The topological polar surface area (TPSA) is 107 Å². The average molecular weight is 462 g/mol. The molecule has 0 saturated carbocycles. The lowest BCUT2D eigenvalue weighted by atomic mass is 10.1. The number of hydrogen-bond acceptors (Lipinski definition) is 8. The minimum atomic E-state index is -3.54. The van der Waals surface area contributed by atoms with E-state index in [4.69, 9.17) is 9.47 Å². The minimum absolute atomic E-state index is 0.0180. The highest BCUT2D eigenvalue weighted by Crippen LogP contribution is 2.29. The summed E-state index contributed by atoms with van der Waals surface area (Å²) in [6, 6.07) is 11.7. The molecule has 1 N–H and O–H groups in total. The molecule has 2 aromatic carbocycles. The number of methoxy groups -OCH3 is 2. The molecule has 0 aliphatic heterocycles. The lowest BCUT2D eigenvalue weighted by Gasteiger charge is -2.09. The number of amides is 1. The SMILES string of the molecule is CCCS(=O)(=O)c1ccccc1C(=O)Nc1nnc(Cc2ccc(OC)c(OC)c2)s1. The van der Waals surface area contributed by atoms with Crippen molar-refractivity contribution in [2.24, 2.45) is 0 Å². The second-order valence-electron chi connectivity index (χ2n) is 6.64. The Morgan fingerprint density at radius 3 is 2.52 bits per heavy atom. The Balaban J connectivity index is 1.76. The first kappa shape index (κ1) is 22.7. The highest BCUT2D eigenvalue weighted by molar-refractivity contribution is 7.91. The standard InChI is InChI=1S/C21H23N3O5S2/c1-4-11-31(26,27)18-8-6-5-7-15(18)20(25)22-21-24-23-19(30-21)13-14-9-10-16(28-2)17(12-14)29-3/h5-10,12H,4,11,13H2,1-3H3,(H,22,24,25). The van der Waals surface area contributed by atoms with Gasteiger partial charge in [0.25, 0.3) is 5.91 Å². The second-order valence-corrected chi connectivity index (χ2v) is 9.78. The summed E-state index contributed by atoms with van der Waals surface area (Å²) in [7, 11) is -0.401. The molecule has 0 unspecified atom stereocenters. The summed E-state index contributed by atoms with van der Waals surface area (Å²) in [5, 5.41) is 11.8. The van der Waals surface area contributed by atoms with Crippen LogP contribution in [0.3, 0.4) is 0 Å². The van der Waals surface area contributed by atoms with Gasteiger partial charge in [-0.05, 0) is 36.2 Å². The van der Waals surface area contributed by atoms with E-state index in [0.717, 1.165) is 5.56 Å². The number of hydrogen-bond donors (Lipinski definition) is 1. The Kier molecular flexibility index (Phi) is 7.24. The first-order valence-electron chi connectivity index (χ1n) is 9.54. The van der Waals surface area contributed by atoms with Gasteiger partial charge in [-0.25, -0.2) is 8.42 Å². The van der Waals surface area contributed by atoms with Crippen LogP contribution in [0, 0.1) is 0 Å². The molecule has 31 heavy (non-hydrogen) atoms. The Bertz CT molecular complexity index is 1180. The Hall–Kier alpha value is -2.98. The van der Waals surface area contributed by atoms with Gasteiger partial charge in [-0.1, -0.05) is 36.5 Å². The summed E-state index contributed by atoms with van der Waals surface area (Å²) >= 11 is 1.22. The van der Waals surface area contributed by atoms with Gasteiger partial charge in [-0.15, -0.1) is 10.2 Å². The van der Waals surface area contributed by atoms with Crippen LogP contribution in [0.15, 0.2) is 47.4 Å². The molecule has 0 radical (unpaired) electrons. The van der Waals surface area contributed by atoms with Gasteiger partial charge in [0.05, 0.1) is 30.4 Å². The fraction of sp³-hybridized carbons (Fsp3) is 0.286. The molecule has 10 heteroatoms. The molecule has 0 spiro atoms. The summed E-state index contributed by atoms with van der Waals surface area (Å²) < 4.78 is 35.5. The summed E-state index contributed by atoms with van der Waals surface area (Å²) in [4.78, 5) is 12.8. The van der Waals surface area contributed by atoms with Gasteiger partial charge in [-0.3, -0.25) is 10.1 Å². The molecule has 0 aliphatic rings. The molecular formula is C21H23N3O5S2. The van der Waals surface area contributed by atoms with Crippen molar-refractivity contribution in [2.45, 2.75) is 24.7 Å². The first-order valence-corrected chi connectivity index (χ1v) is 12.0. The van der Waals surface area contributed by atoms with E-state index < -0.39 is 15.7 Å². The molecule has 0 atom stereocenters. The molecule has 0 bridgehead atoms. The third-order valence-electron chi connectivity index (χ3n) is 4.43. The van der Waals surface area contributed by atoms with Gasteiger partial charge in [-0.2, -0.15) is 0 Å². The molecule has 3 aromatic rings. The minimum Gasteiger partial charge on any atom is -0.493 e. The maximum absolute atomic E-state index is 12.7. The van der Waals surface area contributed by atoms with Gasteiger partial charge < -0.3 is 9.47 Å². The number of nitrogens with zero attached hydrogens (tertiary/aromatic N) is 2. The Morgan fingerprint density at radius 1 is 1.06 bits per heavy atom. The maximum Gasteiger partial charge on any atom is 0.258 e. The quantitative estimate of drug-likeness (QED) is 0.519. The van der Waals surface area contributed by atoms with Crippen LogP contribution in [-0.2, 0) is 16.3 Å². The van der Waals surface area contributed by atoms with E-state index in [-0.39, 0.29) is 16.2 Å². The number of nitrogens with one attached hydrogen (secondary N) is 1. The average Bonchev–Trinajstić information content (AvgIpc) is 3.20. The van der Waals surface area contributed by atoms with Crippen molar-refractivity contribution in [2.75, 3.05) is 25.3 Å². The van der Waals surface area contributed by atoms with Crippen molar-refractivity contribution in [3.8, 4) is 11.5 Å². The smallest absolute Gasteiger partial charge is 0.258 e. The van der Waals surface area contributed by atoms with Gasteiger partial charge in [0.2, 0.25) is 5.13 Å². The fourth-order valence-electron chi connectivity index (χ4n) is 3.01. The van der Waals surface area contributed by atoms with Crippen LogP contribution in [0.1, 0.15) is 34.3 Å². The zero-order valence-corrected chi connectivity index (χ0v) is 19.0.